The molecule has 9 heteroatoms. The summed E-state index contributed by atoms with van der Waals surface area (Å²) in [7, 11) is 1.64. The number of aromatic nitrogens is 4. The summed E-state index contributed by atoms with van der Waals surface area (Å²) >= 11 is 6.05. The number of benzene rings is 2. The van der Waals surface area contributed by atoms with Gasteiger partial charge in [-0.15, -0.1) is 5.10 Å². The first-order chi connectivity index (χ1) is 15.1. The van der Waals surface area contributed by atoms with E-state index in [4.69, 9.17) is 41.9 Å². The summed E-state index contributed by atoms with van der Waals surface area (Å²) in [4.78, 5) is 11.7. The fourth-order valence-corrected chi connectivity index (χ4v) is 3.77. The van der Waals surface area contributed by atoms with Gasteiger partial charge in [0.2, 0.25) is 5.95 Å². The Kier molecular flexibility index (Phi) is 5.09. The molecule has 0 amide bonds. The molecule has 0 saturated carbocycles. The Hall–Kier alpha value is -3.36. The highest BCUT2D eigenvalue weighted by atomic mass is 35.5. The third-order valence-electron chi connectivity index (χ3n) is 5.29. The molecule has 4 aromatic rings. The molecule has 2 aromatic carbocycles. The van der Waals surface area contributed by atoms with Gasteiger partial charge in [-0.25, -0.2) is 9.67 Å². The maximum atomic E-state index is 6.56. The lowest BCUT2D eigenvalue weighted by molar-refractivity contribution is 0.122. The zero-order chi connectivity index (χ0) is 21.4. The SMILES string of the molecule is COc1ccc(-c2nc(N3CCOCC3)nc3nn(-c4ccc(Cl)cc4)c(N)c23)cc1. The summed E-state index contributed by atoms with van der Waals surface area (Å²) in [6.45, 7) is 2.73. The van der Waals surface area contributed by atoms with Gasteiger partial charge in [0, 0.05) is 23.7 Å². The zero-order valence-electron chi connectivity index (χ0n) is 17.0. The quantitative estimate of drug-likeness (QED) is 0.523. The first-order valence-electron chi connectivity index (χ1n) is 9.93. The zero-order valence-corrected chi connectivity index (χ0v) is 17.7. The van der Waals surface area contributed by atoms with Gasteiger partial charge >= 0.3 is 0 Å². The van der Waals surface area contributed by atoms with Gasteiger partial charge in [-0.1, -0.05) is 11.6 Å². The molecule has 2 aromatic heterocycles. The van der Waals surface area contributed by atoms with Gasteiger partial charge in [-0.05, 0) is 48.5 Å². The van der Waals surface area contributed by atoms with Crippen molar-refractivity contribution in [3.63, 3.8) is 0 Å². The second kappa shape index (κ2) is 8.05. The number of ether oxygens (including phenoxy) is 2. The van der Waals surface area contributed by atoms with Crippen LogP contribution in [-0.4, -0.2) is 53.2 Å². The Labute approximate surface area is 184 Å². The minimum absolute atomic E-state index is 0.469. The minimum Gasteiger partial charge on any atom is -0.497 e. The van der Waals surface area contributed by atoms with E-state index in [1.165, 1.54) is 0 Å². The normalized spacial score (nSPS) is 14.2. The Morgan fingerprint density at radius 1 is 1.00 bits per heavy atom. The summed E-state index contributed by atoms with van der Waals surface area (Å²) in [5.74, 6) is 1.85. The number of methoxy groups -OCH3 is 1. The van der Waals surface area contributed by atoms with Crippen molar-refractivity contribution < 1.29 is 9.47 Å². The van der Waals surface area contributed by atoms with Gasteiger partial charge in [-0.2, -0.15) is 4.98 Å². The second-order valence-corrected chi connectivity index (χ2v) is 7.61. The number of halogens is 1. The average molecular weight is 437 g/mol. The lowest BCUT2D eigenvalue weighted by Gasteiger charge is -2.27. The molecule has 1 aliphatic heterocycles. The molecule has 0 bridgehead atoms. The topological polar surface area (TPSA) is 91.3 Å². The maximum Gasteiger partial charge on any atom is 0.228 e. The molecule has 1 aliphatic rings. The fraction of sp³-hybridized carbons (Fsp3) is 0.227. The lowest BCUT2D eigenvalue weighted by atomic mass is 10.1. The number of nitrogen functional groups attached to an aromatic ring is 1. The number of morpholine rings is 1. The molecule has 1 fully saturated rings. The molecular weight excluding hydrogens is 416 g/mol. The minimum atomic E-state index is 0.469. The summed E-state index contributed by atoms with van der Waals surface area (Å²) < 4.78 is 12.5. The highest BCUT2D eigenvalue weighted by Gasteiger charge is 2.22. The number of nitrogens with zero attached hydrogens (tertiary/aromatic N) is 5. The summed E-state index contributed by atoms with van der Waals surface area (Å²) in [5, 5.41) is 6.05. The van der Waals surface area contributed by atoms with Crippen LogP contribution in [0.3, 0.4) is 0 Å². The second-order valence-electron chi connectivity index (χ2n) is 7.17. The Morgan fingerprint density at radius 2 is 1.71 bits per heavy atom. The Morgan fingerprint density at radius 3 is 2.39 bits per heavy atom. The van der Waals surface area contributed by atoms with Crippen molar-refractivity contribution in [3.8, 4) is 22.7 Å². The van der Waals surface area contributed by atoms with Crippen LogP contribution in [-0.2, 0) is 4.74 Å². The molecular formula is C22H21ClN6O2. The molecule has 158 valence electrons. The summed E-state index contributed by atoms with van der Waals surface area (Å²) in [6, 6.07) is 15.1. The highest BCUT2D eigenvalue weighted by Crippen LogP contribution is 2.34. The van der Waals surface area contributed by atoms with E-state index in [0.717, 1.165) is 35.8 Å². The molecule has 0 aliphatic carbocycles. The van der Waals surface area contributed by atoms with Crippen molar-refractivity contribution in [2.45, 2.75) is 0 Å². The third-order valence-corrected chi connectivity index (χ3v) is 5.54. The van der Waals surface area contributed by atoms with Gasteiger partial charge in [0.05, 0.1) is 37.1 Å². The number of anilines is 2. The first kappa shape index (κ1) is 19.6. The number of hydrogen-bond acceptors (Lipinski definition) is 7. The first-order valence-corrected chi connectivity index (χ1v) is 10.3. The van der Waals surface area contributed by atoms with Crippen LogP contribution in [0.4, 0.5) is 11.8 Å². The van der Waals surface area contributed by atoms with Crippen LogP contribution < -0.4 is 15.4 Å². The van der Waals surface area contributed by atoms with Crippen LogP contribution >= 0.6 is 11.6 Å². The van der Waals surface area contributed by atoms with Gasteiger partial charge < -0.3 is 20.1 Å². The van der Waals surface area contributed by atoms with Crippen LogP contribution in [0.15, 0.2) is 48.5 Å². The Balaban J connectivity index is 1.71. The average Bonchev–Trinajstić information content (AvgIpc) is 3.16. The molecule has 31 heavy (non-hydrogen) atoms. The number of rotatable bonds is 4. The molecule has 0 spiro atoms. The molecule has 1 saturated heterocycles. The van der Waals surface area contributed by atoms with E-state index >= 15 is 0 Å². The largest absolute Gasteiger partial charge is 0.497 e. The molecule has 8 nitrogen and oxygen atoms in total. The number of fused-ring (bicyclic) bond motifs is 1. The van der Waals surface area contributed by atoms with Crippen LogP contribution in [0.1, 0.15) is 0 Å². The predicted octanol–water partition coefficient (Wildman–Crippen LogP) is 3.56. The van der Waals surface area contributed by atoms with Crippen LogP contribution in [0, 0.1) is 0 Å². The van der Waals surface area contributed by atoms with Gasteiger partial charge in [0.1, 0.15) is 11.6 Å². The Bertz CT molecular complexity index is 1220. The predicted molar refractivity (Wildman–Crippen MR) is 121 cm³/mol. The molecule has 5 rings (SSSR count). The molecule has 0 unspecified atom stereocenters. The van der Waals surface area contributed by atoms with E-state index in [0.29, 0.717) is 41.0 Å². The van der Waals surface area contributed by atoms with Crippen molar-refractivity contribution in [3.05, 3.63) is 53.6 Å². The van der Waals surface area contributed by atoms with Gasteiger partial charge in [0.25, 0.3) is 0 Å². The van der Waals surface area contributed by atoms with E-state index < -0.39 is 0 Å². The van der Waals surface area contributed by atoms with Crippen molar-refractivity contribution in [2.24, 2.45) is 0 Å². The van der Waals surface area contributed by atoms with E-state index in [1.807, 2.05) is 36.4 Å². The van der Waals surface area contributed by atoms with E-state index in [9.17, 15) is 0 Å². The lowest BCUT2D eigenvalue weighted by Crippen LogP contribution is -2.37. The summed E-state index contributed by atoms with van der Waals surface area (Å²) in [6.07, 6.45) is 0. The van der Waals surface area contributed by atoms with Crippen molar-refractivity contribution in [1.82, 2.24) is 19.7 Å². The maximum absolute atomic E-state index is 6.56. The monoisotopic (exact) mass is 436 g/mol. The van der Waals surface area contributed by atoms with Crippen molar-refractivity contribution in [1.29, 1.82) is 0 Å². The van der Waals surface area contributed by atoms with Gasteiger partial charge in [0.15, 0.2) is 5.65 Å². The van der Waals surface area contributed by atoms with E-state index in [1.54, 1.807) is 23.9 Å². The summed E-state index contributed by atoms with van der Waals surface area (Å²) in [5.41, 5.74) is 9.53. The molecule has 0 atom stereocenters. The van der Waals surface area contributed by atoms with Crippen LogP contribution in [0.2, 0.25) is 5.02 Å². The fourth-order valence-electron chi connectivity index (χ4n) is 3.64. The van der Waals surface area contributed by atoms with Crippen molar-refractivity contribution in [2.75, 3.05) is 44.0 Å². The van der Waals surface area contributed by atoms with E-state index in [2.05, 4.69) is 4.90 Å². The molecule has 0 radical (unpaired) electrons. The number of hydrogen-bond donors (Lipinski definition) is 1. The van der Waals surface area contributed by atoms with E-state index in [-0.39, 0.29) is 0 Å². The standard InChI is InChI=1S/C22H21ClN6O2/c1-30-17-8-2-14(3-9-17)19-18-20(24)29(16-6-4-15(23)5-7-16)27-21(18)26-22(25-19)28-10-12-31-13-11-28/h2-9H,10-13,24H2,1H3. The molecule has 2 N–H and O–H groups in total. The van der Waals surface area contributed by atoms with Gasteiger partial charge in [-0.3, -0.25) is 0 Å². The number of nitrogens with two attached hydrogens (primary N) is 1. The van der Waals surface area contributed by atoms with Crippen LogP contribution in [0.25, 0.3) is 28.0 Å². The smallest absolute Gasteiger partial charge is 0.228 e. The third kappa shape index (κ3) is 3.64. The van der Waals surface area contributed by atoms with Crippen LogP contribution in [0.5, 0.6) is 5.75 Å². The van der Waals surface area contributed by atoms with Crippen molar-refractivity contribution >= 4 is 34.4 Å². The highest BCUT2D eigenvalue weighted by molar-refractivity contribution is 6.30. The molecule has 3 heterocycles.